The number of nitrogens with zero attached hydrogens (tertiary/aromatic N) is 7. The molecule has 0 saturated heterocycles. The average Bonchev–Trinajstić information content (AvgIpc) is 2.98. The first kappa shape index (κ1) is 33.8. The lowest BCUT2D eigenvalue weighted by Crippen LogP contribution is -2.01. The molecular formula is C25H16Cl2N8O9S3. The molecular weight excluding hydrogens is 723 g/mol. The van der Waals surface area contributed by atoms with Crippen LogP contribution in [-0.2, 0) is 30.4 Å². The van der Waals surface area contributed by atoms with Crippen LogP contribution in [0.15, 0.2) is 108 Å². The molecule has 47 heavy (non-hydrogen) atoms. The lowest BCUT2D eigenvalue weighted by atomic mass is 10.1. The number of fused-ring (bicyclic) bond motifs is 1. The molecule has 0 saturated carbocycles. The first-order chi connectivity index (χ1) is 22.0. The van der Waals surface area contributed by atoms with Gasteiger partial charge in [-0.3, -0.25) is 13.7 Å². The van der Waals surface area contributed by atoms with E-state index < -0.39 is 40.1 Å². The van der Waals surface area contributed by atoms with Gasteiger partial charge in [0, 0.05) is 16.5 Å². The fourth-order valence-electron chi connectivity index (χ4n) is 3.93. The maximum absolute atomic E-state index is 12.2. The fraction of sp³-hybridized carbons (Fsp3) is 0. The maximum atomic E-state index is 12.2. The molecule has 0 atom stereocenters. The minimum absolute atomic E-state index is 0.0150. The molecule has 4 N–H and O–H groups in total. The van der Waals surface area contributed by atoms with Gasteiger partial charge in [0.15, 0.2) is 0 Å². The Morgan fingerprint density at radius 1 is 0.553 bits per heavy atom. The summed E-state index contributed by atoms with van der Waals surface area (Å²) in [5.41, 5.74) is 0.110. The third-order valence-electron chi connectivity index (χ3n) is 5.99. The van der Waals surface area contributed by atoms with Gasteiger partial charge in [0.05, 0.1) is 26.9 Å². The Hall–Kier alpha value is -4.54. The molecule has 0 spiro atoms. The van der Waals surface area contributed by atoms with E-state index in [9.17, 15) is 34.4 Å². The van der Waals surface area contributed by atoms with Crippen LogP contribution in [0.1, 0.15) is 0 Å². The van der Waals surface area contributed by atoms with Crippen molar-refractivity contribution in [2.75, 3.05) is 5.32 Å². The van der Waals surface area contributed by atoms with Crippen LogP contribution in [0.4, 0.5) is 34.4 Å². The van der Waals surface area contributed by atoms with Gasteiger partial charge < -0.3 is 5.32 Å². The molecule has 0 aliphatic rings. The largest absolute Gasteiger partial charge is 0.323 e. The molecule has 0 amide bonds. The Morgan fingerprint density at radius 3 is 1.72 bits per heavy atom. The zero-order chi connectivity index (χ0) is 34.1. The van der Waals surface area contributed by atoms with E-state index in [1.165, 1.54) is 42.5 Å². The number of benzene rings is 4. The third kappa shape index (κ3) is 8.25. The van der Waals surface area contributed by atoms with Crippen molar-refractivity contribution in [2.24, 2.45) is 20.5 Å². The van der Waals surface area contributed by atoms with Gasteiger partial charge >= 0.3 is 0 Å². The summed E-state index contributed by atoms with van der Waals surface area (Å²) in [5.74, 6) is -0.0466. The zero-order valence-corrected chi connectivity index (χ0v) is 26.8. The normalized spacial score (nSPS) is 12.7. The lowest BCUT2D eigenvalue weighted by Gasteiger charge is -2.11. The van der Waals surface area contributed by atoms with Crippen LogP contribution in [-0.4, -0.2) is 53.9 Å². The van der Waals surface area contributed by atoms with Crippen LogP contribution in [0.5, 0.6) is 0 Å². The summed E-state index contributed by atoms with van der Waals surface area (Å²) in [6.07, 6.45) is 0. The summed E-state index contributed by atoms with van der Waals surface area (Å²) < 4.78 is 99.2. The summed E-state index contributed by atoms with van der Waals surface area (Å²) in [4.78, 5) is 9.94. The van der Waals surface area contributed by atoms with Crippen molar-refractivity contribution in [1.82, 2.24) is 15.0 Å². The molecule has 4 aromatic carbocycles. The number of anilines is 2. The summed E-state index contributed by atoms with van der Waals surface area (Å²) in [6, 6.07) is 14.5. The second-order valence-electron chi connectivity index (χ2n) is 9.13. The minimum atomic E-state index is -4.90. The molecule has 0 aliphatic heterocycles. The average molecular weight is 740 g/mol. The van der Waals surface area contributed by atoms with Crippen molar-refractivity contribution in [3.05, 3.63) is 83.4 Å². The van der Waals surface area contributed by atoms with Crippen molar-refractivity contribution in [3.63, 3.8) is 0 Å². The topological polar surface area (TPSA) is 263 Å². The zero-order valence-electron chi connectivity index (χ0n) is 22.8. The highest BCUT2D eigenvalue weighted by Gasteiger charge is 2.18. The van der Waals surface area contributed by atoms with E-state index in [1.54, 1.807) is 0 Å². The molecule has 5 aromatic rings. The molecule has 1 aromatic heterocycles. The number of halogens is 2. The van der Waals surface area contributed by atoms with Gasteiger partial charge in [-0.2, -0.15) is 50.4 Å². The van der Waals surface area contributed by atoms with Gasteiger partial charge in [0.1, 0.15) is 10.6 Å². The predicted octanol–water partition coefficient (Wildman–Crippen LogP) is 6.65. The summed E-state index contributed by atoms with van der Waals surface area (Å²) >= 11 is 11.7. The molecule has 5 rings (SSSR count). The summed E-state index contributed by atoms with van der Waals surface area (Å²) in [7, 11) is -14.0. The maximum Gasteiger partial charge on any atom is 0.296 e. The first-order valence-corrected chi connectivity index (χ1v) is 17.5. The quantitative estimate of drug-likeness (QED) is 0.0913. The number of rotatable bonds is 9. The fourth-order valence-corrected chi connectivity index (χ4v) is 5.93. The van der Waals surface area contributed by atoms with E-state index in [0.29, 0.717) is 11.1 Å². The van der Waals surface area contributed by atoms with E-state index in [2.05, 4.69) is 40.7 Å². The Bertz CT molecular complexity index is 2430. The molecule has 22 heteroatoms. The highest BCUT2D eigenvalue weighted by atomic mass is 35.5. The number of hydrogen-bond acceptors (Lipinski definition) is 14. The molecule has 0 bridgehead atoms. The molecule has 17 nitrogen and oxygen atoms in total. The van der Waals surface area contributed by atoms with E-state index in [0.717, 1.165) is 30.3 Å². The molecule has 0 radical (unpaired) electrons. The van der Waals surface area contributed by atoms with Gasteiger partial charge in [-0.15, -0.1) is 10.2 Å². The van der Waals surface area contributed by atoms with Gasteiger partial charge in [-0.25, -0.2) is 0 Å². The van der Waals surface area contributed by atoms with Crippen molar-refractivity contribution < 1.29 is 38.9 Å². The summed E-state index contributed by atoms with van der Waals surface area (Å²) in [6.45, 7) is 0. The van der Waals surface area contributed by atoms with Gasteiger partial charge in [0.25, 0.3) is 30.4 Å². The van der Waals surface area contributed by atoms with E-state index in [1.807, 2.05) is 0 Å². The van der Waals surface area contributed by atoms with Gasteiger partial charge in [-0.1, -0.05) is 6.07 Å². The monoisotopic (exact) mass is 738 g/mol. The molecule has 0 fully saturated rings. The molecule has 0 unspecified atom stereocenters. The van der Waals surface area contributed by atoms with E-state index >= 15 is 0 Å². The summed E-state index contributed by atoms with van der Waals surface area (Å²) in [5, 5.41) is 18.7. The number of azo groups is 2. The number of aromatic nitrogens is 3. The van der Waals surface area contributed by atoms with Crippen molar-refractivity contribution >= 4 is 98.7 Å². The highest BCUT2D eigenvalue weighted by Crippen LogP contribution is 2.37. The number of nitrogens with one attached hydrogen (secondary N) is 1. The van der Waals surface area contributed by atoms with Crippen LogP contribution >= 0.6 is 23.2 Å². The standard InChI is InChI=1S/C25H16Cl2N8O9S3/c26-23-29-24(27)31-25(30-23)28-19-9-10-20(18-12-16(46(39,40)41)6-7-17(18)19)34-35-21-8-3-14(11-22(21)47(42,43)44)33-32-13-1-4-15(5-2-13)45(36,37)38/h1-12H,(H,36,37,38)(H,39,40,41)(H,42,43,44)(H,28,29,30,31). The van der Waals surface area contributed by atoms with Crippen LogP contribution in [0.2, 0.25) is 10.6 Å². The first-order valence-electron chi connectivity index (χ1n) is 12.4. The lowest BCUT2D eigenvalue weighted by molar-refractivity contribution is 0.481. The third-order valence-corrected chi connectivity index (χ3v) is 8.93. The highest BCUT2D eigenvalue weighted by molar-refractivity contribution is 7.86. The number of hydrogen-bond donors (Lipinski definition) is 4. The second-order valence-corrected chi connectivity index (χ2v) is 14.0. The van der Waals surface area contributed by atoms with Gasteiger partial charge in [-0.05, 0) is 89.9 Å². The van der Waals surface area contributed by atoms with Gasteiger partial charge in [0.2, 0.25) is 16.5 Å². The van der Waals surface area contributed by atoms with E-state index in [4.69, 9.17) is 27.8 Å². The minimum Gasteiger partial charge on any atom is -0.323 e. The van der Waals surface area contributed by atoms with Crippen molar-refractivity contribution in [1.29, 1.82) is 0 Å². The van der Waals surface area contributed by atoms with Crippen LogP contribution in [0.3, 0.4) is 0 Å². The smallest absolute Gasteiger partial charge is 0.296 e. The second kappa shape index (κ2) is 12.9. The Labute approximate surface area is 275 Å². The molecule has 1 heterocycles. The SMILES string of the molecule is O=S(=O)(O)c1ccc(N=Nc2ccc(N=Nc3ccc(Nc4nc(Cl)nc(Cl)n4)c4ccc(S(=O)(=O)O)cc34)c(S(=O)(=O)O)c2)cc1. The van der Waals surface area contributed by atoms with E-state index in [-0.39, 0.29) is 49.5 Å². The Kier molecular flexibility index (Phi) is 9.30. The molecule has 242 valence electrons. The Morgan fingerprint density at radius 2 is 1.11 bits per heavy atom. The van der Waals surface area contributed by atoms with Crippen LogP contribution in [0, 0.1) is 0 Å². The van der Waals surface area contributed by atoms with Crippen LogP contribution in [0.25, 0.3) is 10.8 Å². The van der Waals surface area contributed by atoms with Crippen molar-refractivity contribution in [2.45, 2.75) is 14.7 Å². The molecule has 0 aliphatic carbocycles. The van der Waals surface area contributed by atoms with Crippen LogP contribution < -0.4 is 5.32 Å². The van der Waals surface area contributed by atoms with Crippen molar-refractivity contribution in [3.8, 4) is 0 Å². The predicted molar refractivity (Wildman–Crippen MR) is 168 cm³/mol. The Balaban J connectivity index is 1.53.